The lowest BCUT2D eigenvalue weighted by Gasteiger charge is -2.04. The molecule has 1 fully saturated rings. The van der Waals surface area contributed by atoms with Crippen LogP contribution in [-0.4, -0.2) is 31.1 Å². The van der Waals surface area contributed by atoms with Gasteiger partial charge in [0.15, 0.2) is 0 Å². The summed E-state index contributed by atoms with van der Waals surface area (Å²) in [6.07, 6.45) is 0. The van der Waals surface area contributed by atoms with Crippen LogP contribution in [0.1, 0.15) is 19.4 Å². The Morgan fingerprint density at radius 1 is 0.783 bits per heavy atom. The van der Waals surface area contributed by atoms with Crippen LogP contribution in [0.5, 0.6) is 0 Å². The van der Waals surface area contributed by atoms with E-state index in [4.69, 9.17) is 14.2 Å². The monoisotopic (exact) mass is 320 g/mol. The quantitative estimate of drug-likeness (QED) is 0.562. The molecule has 3 atom stereocenters. The van der Waals surface area contributed by atoms with Crippen molar-refractivity contribution in [3.63, 3.8) is 0 Å². The van der Waals surface area contributed by atoms with Crippen molar-refractivity contribution in [1.82, 2.24) is 0 Å². The van der Waals surface area contributed by atoms with E-state index in [2.05, 4.69) is 0 Å². The van der Waals surface area contributed by atoms with Crippen molar-refractivity contribution in [2.24, 2.45) is 17.8 Å². The number of rotatable bonds is 7. The Kier molecular flexibility index (Phi) is 5.73. The number of carbonyl (C=O) groups is 3. The number of esters is 3. The summed E-state index contributed by atoms with van der Waals surface area (Å²) < 4.78 is 15.0. The Bertz CT molecular complexity index is 544. The highest BCUT2D eigenvalue weighted by Gasteiger charge is 2.65. The highest BCUT2D eigenvalue weighted by Crippen LogP contribution is 2.49. The smallest absolute Gasteiger partial charge is 0.311 e. The predicted octanol–water partition coefficient (Wildman–Crippen LogP) is 1.72. The van der Waals surface area contributed by atoms with Crippen LogP contribution in [-0.2, 0) is 35.2 Å². The van der Waals surface area contributed by atoms with Crippen LogP contribution in [0, 0.1) is 17.8 Å². The molecule has 0 aliphatic heterocycles. The van der Waals surface area contributed by atoms with Crippen molar-refractivity contribution in [3.8, 4) is 0 Å². The summed E-state index contributed by atoms with van der Waals surface area (Å²) in [4.78, 5) is 35.9. The largest absolute Gasteiger partial charge is 0.466 e. The average Bonchev–Trinajstić information content (AvgIpc) is 3.30. The minimum Gasteiger partial charge on any atom is -0.466 e. The molecule has 0 saturated heterocycles. The summed E-state index contributed by atoms with van der Waals surface area (Å²) in [5.74, 6) is -4.14. The SMILES string of the molecule is CCOC(=O)[C@@H]1C(C(=O)OCc2ccccc2)[C@@H]1C(=O)OCC. The highest BCUT2D eigenvalue weighted by atomic mass is 16.6. The zero-order chi connectivity index (χ0) is 16.8. The third-order valence-corrected chi connectivity index (χ3v) is 3.63. The number of benzene rings is 1. The van der Waals surface area contributed by atoms with Gasteiger partial charge in [0.2, 0.25) is 0 Å². The molecule has 0 heterocycles. The second-order valence-electron chi connectivity index (χ2n) is 5.17. The van der Waals surface area contributed by atoms with Gasteiger partial charge in [-0.15, -0.1) is 0 Å². The van der Waals surface area contributed by atoms with E-state index in [0.717, 1.165) is 5.56 Å². The molecule has 124 valence electrons. The average molecular weight is 320 g/mol. The van der Waals surface area contributed by atoms with Crippen molar-refractivity contribution in [2.45, 2.75) is 20.5 Å². The molecule has 2 rings (SSSR count). The molecule has 0 N–H and O–H groups in total. The maximum atomic E-state index is 12.2. The van der Waals surface area contributed by atoms with E-state index in [-0.39, 0.29) is 19.8 Å². The molecule has 1 aliphatic carbocycles. The summed E-state index contributed by atoms with van der Waals surface area (Å²) in [6, 6.07) is 9.18. The molecule has 23 heavy (non-hydrogen) atoms. The Morgan fingerprint density at radius 3 is 1.65 bits per heavy atom. The fourth-order valence-corrected chi connectivity index (χ4v) is 2.49. The predicted molar refractivity (Wildman–Crippen MR) is 80.0 cm³/mol. The molecule has 0 spiro atoms. The Morgan fingerprint density at radius 2 is 1.22 bits per heavy atom. The van der Waals surface area contributed by atoms with Gasteiger partial charge in [-0.1, -0.05) is 30.3 Å². The van der Waals surface area contributed by atoms with Gasteiger partial charge in [0.25, 0.3) is 0 Å². The molecule has 0 amide bonds. The van der Waals surface area contributed by atoms with Crippen LogP contribution in [0.15, 0.2) is 30.3 Å². The van der Waals surface area contributed by atoms with Gasteiger partial charge < -0.3 is 14.2 Å². The lowest BCUT2D eigenvalue weighted by molar-refractivity contribution is -0.152. The van der Waals surface area contributed by atoms with E-state index in [1.807, 2.05) is 30.3 Å². The summed E-state index contributed by atoms with van der Waals surface area (Å²) in [7, 11) is 0. The zero-order valence-corrected chi connectivity index (χ0v) is 13.2. The summed E-state index contributed by atoms with van der Waals surface area (Å²) >= 11 is 0. The number of ether oxygens (including phenoxy) is 3. The Balaban J connectivity index is 1.98. The highest BCUT2D eigenvalue weighted by molar-refractivity contribution is 5.97. The zero-order valence-electron chi connectivity index (χ0n) is 13.2. The molecule has 0 radical (unpaired) electrons. The second kappa shape index (κ2) is 7.76. The van der Waals surface area contributed by atoms with Crippen LogP contribution in [0.25, 0.3) is 0 Å². The van der Waals surface area contributed by atoms with E-state index in [0.29, 0.717) is 0 Å². The van der Waals surface area contributed by atoms with Crippen LogP contribution in [0.4, 0.5) is 0 Å². The van der Waals surface area contributed by atoms with Gasteiger partial charge in [-0.3, -0.25) is 14.4 Å². The summed E-state index contributed by atoms with van der Waals surface area (Å²) in [5, 5.41) is 0. The van der Waals surface area contributed by atoms with Gasteiger partial charge in [0, 0.05) is 0 Å². The Labute approximate surface area is 134 Å². The molecular weight excluding hydrogens is 300 g/mol. The topological polar surface area (TPSA) is 78.9 Å². The maximum absolute atomic E-state index is 12.2. The number of hydrogen-bond donors (Lipinski definition) is 0. The number of hydrogen-bond acceptors (Lipinski definition) is 6. The summed E-state index contributed by atoms with van der Waals surface area (Å²) in [5.41, 5.74) is 0.835. The van der Waals surface area contributed by atoms with E-state index in [9.17, 15) is 14.4 Å². The van der Waals surface area contributed by atoms with Gasteiger partial charge in [-0.25, -0.2) is 0 Å². The van der Waals surface area contributed by atoms with E-state index < -0.39 is 35.7 Å². The molecule has 1 saturated carbocycles. The first-order valence-electron chi connectivity index (χ1n) is 7.64. The van der Waals surface area contributed by atoms with Gasteiger partial charge in [0.1, 0.15) is 6.61 Å². The molecule has 1 aliphatic rings. The first-order chi connectivity index (χ1) is 11.1. The van der Waals surface area contributed by atoms with E-state index >= 15 is 0 Å². The first kappa shape index (κ1) is 17.0. The van der Waals surface area contributed by atoms with Crippen molar-refractivity contribution in [2.75, 3.05) is 13.2 Å². The van der Waals surface area contributed by atoms with Crippen molar-refractivity contribution in [1.29, 1.82) is 0 Å². The molecule has 1 aromatic carbocycles. The summed E-state index contributed by atoms with van der Waals surface area (Å²) in [6.45, 7) is 3.82. The Hall–Kier alpha value is -2.37. The van der Waals surface area contributed by atoms with Crippen LogP contribution >= 0.6 is 0 Å². The minimum atomic E-state index is -0.822. The van der Waals surface area contributed by atoms with Crippen LogP contribution in [0.2, 0.25) is 0 Å². The fourth-order valence-electron chi connectivity index (χ4n) is 2.49. The fraction of sp³-hybridized carbons (Fsp3) is 0.471. The van der Waals surface area contributed by atoms with Crippen molar-refractivity contribution < 1.29 is 28.6 Å². The molecule has 6 heteroatoms. The van der Waals surface area contributed by atoms with Crippen molar-refractivity contribution >= 4 is 17.9 Å². The molecule has 1 aromatic rings. The normalized spacial score (nSPS) is 22.1. The van der Waals surface area contributed by atoms with Gasteiger partial charge in [-0.2, -0.15) is 0 Å². The van der Waals surface area contributed by atoms with Crippen LogP contribution < -0.4 is 0 Å². The van der Waals surface area contributed by atoms with Gasteiger partial charge >= 0.3 is 17.9 Å². The molecule has 6 nitrogen and oxygen atoms in total. The van der Waals surface area contributed by atoms with Crippen molar-refractivity contribution in [3.05, 3.63) is 35.9 Å². The molecular formula is C17H20O6. The first-order valence-corrected chi connectivity index (χ1v) is 7.64. The third-order valence-electron chi connectivity index (χ3n) is 3.63. The molecule has 0 aromatic heterocycles. The third kappa shape index (κ3) is 4.09. The second-order valence-corrected chi connectivity index (χ2v) is 5.17. The van der Waals surface area contributed by atoms with E-state index in [1.165, 1.54) is 0 Å². The van der Waals surface area contributed by atoms with Gasteiger partial charge in [-0.05, 0) is 19.4 Å². The van der Waals surface area contributed by atoms with Gasteiger partial charge in [0.05, 0.1) is 31.0 Å². The lowest BCUT2D eigenvalue weighted by atomic mass is 10.2. The van der Waals surface area contributed by atoms with Crippen LogP contribution in [0.3, 0.4) is 0 Å². The minimum absolute atomic E-state index is 0.0985. The standard InChI is InChI=1S/C17H20O6/c1-3-21-15(18)12-13(16(19)22-4-2)14(12)17(20)23-10-11-8-6-5-7-9-11/h5-9,12-14H,3-4,10H2,1-2H3/t12-,13+,14?. The lowest BCUT2D eigenvalue weighted by Crippen LogP contribution is -2.13. The number of carbonyl (C=O) groups excluding carboxylic acids is 3. The van der Waals surface area contributed by atoms with E-state index in [1.54, 1.807) is 13.8 Å². The molecule has 0 bridgehead atoms. The maximum Gasteiger partial charge on any atom is 0.311 e. The molecule has 1 unspecified atom stereocenters.